The Kier molecular flexibility index (Phi) is 1.22. The molecule has 2 aromatic rings. The van der Waals surface area contributed by atoms with Crippen LogP contribution in [0.2, 0.25) is 0 Å². The van der Waals surface area contributed by atoms with Gasteiger partial charge in [0.25, 0.3) is 0 Å². The fourth-order valence-electron chi connectivity index (χ4n) is 1.03. The van der Waals surface area contributed by atoms with E-state index in [2.05, 4.69) is 4.98 Å². The topological polar surface area (TPSA) is 17.3 Å². The van der Waals surface area contributed by atoms with Crippen molar-refractivity contribution >= 4 is 5.65 Å². The van der Waals surface area contributed by atoms with Gasteiger partial charge < -0.3 is 4.40 Å². The third kappa shape index (κ3) is 0.827. The SMILES string of the molecule is [CH]c1nc2ccccn2c1[CH]. The van der Waals surface area contributed by atoms with Crippen molar-refractivity contribution in [2.45, 2.75) is 0 Å². The average Bonchev–Trinajstić information content (AvgIpc) is 2.30. The first-order chi connectivity index (χ1) is 5.29. The van der Waals surface area contributed by atoms with Gasteiger partial charge in [0.2, 0.25) is 0 Å². The second-order valence-electron chi connectivity index (χ2n) is 2.31. The van der Waals surface area contributed by atoms with Crippen molar-refractivity contribution in [2.75, 3.05) is 0 Å². The summed E-state index contributed by atoms with van der Waals surface area (Å²) in [5.41, 5.74) is 1.67. The van der Waals surface area contributed by atoms with Crippen LogP contribution in [0, 0.1) is 13.8 Å². The van der Waals surface area contributed by atoms with Gasteiger partial charge in [-0.2, -0.15) is 0 Å². The van der Waals surface area contributed by atoms with Crippen LogP contribution >= 0.6 is 0 Å². The summed E-state index contributed by atoms with van der Waals surface area (Å²) in [6.07, 6.45) is 1.83. The quantitative estimate of drug-likeness (QED) is 0.544. The van der Waals surface area contributed by atoms with Gasteiger partial charge in [-0.15, -0.1) is 0 Å². The molecule has 0 unspecified atom stereocenters. The van der Waals surface area contributed by atoms with E-state index in [4.69, 9.17) is 13.8 Å². The third-order valence-electron chi connectivity index (χ3n) is 1.60. The van der Waals surface area contributed by atoms with Gasteiger partial charge in [0, 0.05) is 20.0 Å². The fraction of sp³-hybridized carbons (Fsp3) is 0. The molecule has 0 aliphatic heterocycles. The molecule has 52 valence electrons. The Hall–Kier alpha value is -1.31. The highest BCUT2D eigenvalue weighted by Gasteiger charge is 2.01. The van der Waals surface area contributed by atoms with E-state index in [1.807, 2.05) is 24.4 Å². The zero-order valence-electron chi connectivity index (χ0n) is 5.86. The second kappa shape index (κ2) is 2.09. The Bertz CT molecular complexity index is 387. The molecule has 0 fully saturated rings. The highest BCUT2D eigenvalue weighted by Crippen LogP contribution is 2.08. The van der Waals surface area contributed by atoms with Gasteiger partial charge in [0.15, 0.2) is 0 Å². The Morgan fingerprint density at radius 3 is 2.82 bits per heavy atom. The van der Waals surface area contributed by atoms with Crippen molar-refractivity contribution in [3.63, 3.8) is 0 Å². The summed E-state index contributed by atoms with van der Waals surface area (Å²) in [6.45, 7) is 11.1. The fourth-order valence-corrected chi connectivity index (χ4v) is 1.03. The van der Waals surface area contributed by atoms with Crippen LogP contribution < -0.4 is 0 Å². The highest BCUT2D eigenvalue weighted by atomic mass is 15.0. The first kappa shape index (κ1) is 6.40. The van der Waals surface area contributed by atoms with Gasteiger partial charge in [0.05, 0.1) is 11.4 Å². The van der Waals surface area contributed by atoms with Crippen LogP contribution in [0.5, 0.6) is 0 Å². The predicted molar refractivity (Wildman–Crippen MR) is 42.0 cm³/mol. The van der Waals surface area contributed by atoms with Crippen molar-refractivity contribution in [2.24, 2.45) is 0 Å². The van der Waals surface area contributed by atoms with E-state index >= 15 is 0 Å². The van der Waals surface area contributed by atoms with Gasteiger partial charge in [-0.3, -0.25) is 0 Å². The minimum Gasteiger partial charge on any atom is -0.303 e. The summed E-state index contributed by atoms with van der Waals surface area (Å²) >= 11 is 0. The average molecular weight is 142 g/mol. The maximum absolute atomic E-state index is 5.61. The van der Waals surface area contributed by atoms with Crippen LogP contribution in [0.15, 0.2) is 24.4 Å². The summed E-state index contributed by atoms with van der Waals surface area (Å²) in [5.74, 6) is 0. The molecule has 0 saturated carbocycles. The van der Waals surface area contributed by atoms with Crippen LogP contribution in [-0.2, 0) is 0 Å². The van der Waals surface area contributed by atoms with Gasteiger partial charge in [0.1, 0.15) is 5.65 Å². The molecule has 0 aliphatic carbocycles. The van der Waals surface area contributed by atoms with Crippen LogP contribution in [0.1, 0.15) is 11.4 Å². The molecule has 2 rings (SSSR count). The van der Waals surface area contributed by atoms with E-state index in [0.29, 0.717) is 11.4 Å². The normalized spacial score (nSPS) is 10.7. The smallest absolute Gasteiger partial charge is 0.137 e. The molecular weight excluding hydrogens is 136 g/mol. The number of hydrogen-bond donors (Lipinski definition) is 0. The van der Waals surface area contributed by atoms with Crippen molar-refractivity contribution in [3.05, 3.63) is 49.6 Å². The third-order valence-corrected chi connectivity index (χ3v) is 1.60. The number of aromatic nitrogens is 2. The largest absolute Gasteiger partial charge is 0.303 e. The van der Waals surface area contributed by atoms with Crippen molar-refractivity contribution < 1.29 is 0 Å². The molecular formula is C9H6N2. The summed E-state index contributed by atoms with van der Waals surface area (Å²) in [5, 5.41) is 0. The molecule has 0 N–H and O–H groups in total. The number of imidazole rings is 1. The number of nitrogens with zero attached hydrogens (tertiary/aromatic N) is 2. The molecule has 0 aromatic carbocycles. The molecule has 4 radical (unpaired) electrons. The molecule has 0 spiro atoms. The maximum atomic E-state index is 5.61. The Labute approximate surface area is 65.5 Å². The van der Waals surface area contributed by atoms with Gasteiger partial charge in [-0.25, -0.2) is 4.98 Å². The molecule has 0 aliphatic rings. The zero-order valence-corrected chi connectivity index (χ0v) is 5.86. The second-order valence-corrected chi connectivity index (χ2v) is 2.31. The lowest BCUT2D eigenvalue weighted by molar-refractivity contribution is 1.15. The van der Waals surface area contributed by atoms with Crippen LogP contribution in [-0.4, -0.2) is 9.38 Å². The number of hydrogen-bond acceptors (Lipinski definition) is 1. The monoisotopic (exact) mass is 142 g/mol. The Morgan fingerprint density at radius 1 is 1.27 bits per heavy atom. The lowest BCUT2D eigenvalue weighted by Gasteiger charge is -1.92. The molecule has 2 heterocycles. The van der Waals surface area contributed by atoms with Crippen molar-refractivity contribution in [3.8, 4) is 0 Å². The van der Waals surface area contributed by atoms with E-state index in [0.717, 1.165) is 5.65 Å². The molecule has 0 bridgehead atoms. The van der Waals surface area contributed by atoms with E-state index in [9.17, 15) is 0 Å². The Balaban J connectivity index is 2.92. The minimum absolute atomic E-state index is 0.385. The molecule has 2 nitrogen and oxygen atoms in total. The maximum Gasteiger partial charge on any atom is 0.137 e. The summed E-state index contributed by atoms with van der Waals surface area (Å²) in [4.78, 5) is 4.03. The number of rotatable bonds is 0. The van der Waals surface area contributed by atoms with Crippen molar-refractivity contribution in [1.82, 2.24) is 9.38 Å². The van der Waals surface area contributed by atoms with Gasteiger partial charge >= 0.3 is 0 Å². The lowest BCUT2D eigenvalue weighted by Crippen LogP contribution is -1.84. The van der Waals surface area contributed by atoms with Crippen LogP contribution in [0.3, 0.4) is 0 Å². The van der Waals surface area contributed by atoms with E-state index < -0.39 is 0 Å². The van der Waals surface area contributed by atoms with E-state index in [-0.39, 0.29) is 0 Å². The minimum atomic E-state index is 0.385. The van der Waals surface area contributed by atoms with Gasteiger partial charge in [-0.1, -0.05) is 6.07 Å². The predicted octanol–water partition coefficient (Wildman–Crippen LogP) is 1.45. The number of fused-ring (bicyclic) bond motifs is 1. The first-order valence-corrected chi connectivity index (χ1v) is 3.27. The van der Waals surface area contributed by atoms with Gasteiger partial charge in [-0.05, 0) is 12.1 Å². The summed E-state index contributed by atoms with van der Waals surface area (Å²) in [6, 6.07) is 5.62. The lowest BCUT2D eigenvalue weighted by atomic mass is 10.4. The van der Waals surface area contributed by atoms with Crippen LogP contribution in [0.4, 0.5) is 0 Å². The zero-order chi connectivity index (χ0) is 7.84. The van der Waals surface area contributed by atoms with E-state index in [1.54, 1.807) is 4.40 Å². The van der Waals surface area contributed by atoms with E-state index in [1.165, 1.54) is 0 Å². The molecule has 11 heavy (non-hydrogen) atoms. The summed E-state index contributed by atoms with van der Waals surface area (Å²) in [7, 11) is 0. The van der Waals surface area contributed by atoms with Crippen LogP contribution in [0.25, 0.3) is 5.65 Å². The molecule has 2 heteroatoms. The Morgan fingerprint density at radius 2 is 2.09 bits per heavy atom. The molecule has 0 saturated heterocycles. The highest BCUT2D eigenvalue weighted by molar-refractivity contribution is 5.44. The number of pyridine rings is 1. The molecule has 2 aromatic heterocycles. The van der Waals surface area contributed by atoms with Crippen molar-refractivity contribution in [1.29, 1.82) is 0 Å². The molecule has 0 amide bonds. The first-order valence-electron chi connectivity index (χ1n) is 3.27. The standard InChI is InChI=1S/C9H6N2/c1-7-8(2)11-6-4-3-5-9(11)10-7/h1-6H. The summed E-state index contributed by atoms with van der Waals surface area (Å²) < 4.78 is 1.75. The molecule has 0 atom stereocenters.